The number of aromatic nitrogens is 2. The van der Waals surface area contributed by atoms with Crippen LogP contribution in [-0.4, -0.2) is 52.6 Å². The molecule has 1 aromatic heterocycles. The molecule has 19 heavy (non-hydrogen) atoms. The average molecular weight is 258 g/mol. The predicted octanol–water partition coefficient (Wildman–Crippen LogP) is 1.63. The molecule has 4 nitrogen and oxygen atoms in total. The maximum Gasteiger partial charge on any atom is 0.123 e. The molecule has 0 radical (unpaired) electrons. The second-order valence-corrected chi connectivity index (χ2v) is 5.66. The SMILES string of the molecule is Cc1ccc2c(c1)nc(CN1CCN(C)CC1)n2C. The number of rotatable bonds is 2. The van der Waals surface area contributed by atoms with Crippen molar-refractivity contribution in [3.63, 3.8) is 0 Å². The molecule has 0 spiro atoms. The molecule has 0 bridgehead atoms. The van der Waals surface area contributed by atoms with Gasteiger partial charge in [0, 0.05) is 33.2 Å². The van der Waals surface area contributed by atoms with Crippen LogP contribution >= 0.6 is 0 Å². The third-order valence-electron chi connectivity index (χ3n) is 4.09. The molecule has 0 N–H and O–H groups in total. The van der Waals surface area contributed by atoms with Crippen LogP contribution < -0.4 is 0 Å². The Bertz CT molecular complexity index is 579. The molecule has 1 saturated heterocycles. The van der Waals surface area contributed by atoms with Gasteiger partial charge in [-0.1, -0.05) is 6.07 Å². The van der Waals surface area contributed by atoms with E-state index in [1.54, 1.807) is 0 Å². The highest BCUT2D eigenvalue weighted by atomic mass is 15.3. The number of benzene rings is 1. The lowest BCUT2D eigenvalue weighted by Crippen LogP contribution is -2.44. The molecule has 0 amide bonds. The fraction of sp³-hybridized carbons (Fsp3) is 0.533. The van der Waals surface area contributed by atoms with Crippen LogP contribution in [0.25, 0.3) is 11.0 Å². The molecule has 4 heteroatoms. The highest BCUT2D eigenvalue weighted by molar-refractivity contribution is 5.76. The summed E-state index contributed by atoms with van der Waals surface area (Å²) in [6.45, 7) is 7.66. The standard InChI is InChI=1S/C15H22N4/c1-12-4-5-14-13(10-12)16-15(18(14)3)11-19-8-6-17(2)7-9-19/h4-5,10H,6-9,11H2,1-3H3. The van der Waals surface area contributed by atoms with Gasteiger partial charge in [-0.2, -0.15) is 0 Å². The van der Waals surface area contributed by atoms with Gasteiger partial charge in [-0.15, -0.1) is 0 Å². The van der Waals surface area contributed by atoms with Crippen molar-refractivity contribution in [3.8, 4) is 0 Å². The number of likely N-dealkylation sites (N-methyl/N-ethyl adjacent to an activating group) is 1. The van der Waals surface area contributed by atoms with E-state index >= 15 is 0 Å². The van der Waals surface area contributed by atoms with Crippen molar-refractivity contribution >= 4 is 11.0 Å². The Labute approximate surface area is 114 Å². The zero-order chi connectivity index (χ0) is 13.4. The maximum absolute atomic E-state index is 4.79. The first-order valence-electron chi connectivity index (χ1n) is 6.96. The molecule has 0 saturated carbocycles. The van der Waals surface area contributed by atoms with Crippen LogP contribution in [0.1, 0.15) is 11.4 Å². The van der Waals surface area contributed by atoms with Crippen LogP contribution in [-0.2, 0) is 13.6 Å². The van der Waals surface area contributed by atoms with Crippen molar-refractivity contribution in [3.05, 3.63) is 29.6 Å². The summed E-state index contributed by atoms with van der Waals surface area (Å²) in [4.78, 5) is 9.67. The van der Waals surface area contributed by atoms with E-state index < -0.39 is 0 Å². The van der Waals surface area contributed by atoms with Crippen molar-refractivity contribution in [1.29, 1.82) is 0 Å². The van der Waals surface area contributed by atoms with Crippen LogP contribution in [0.15, 0.2) is 18.2 Å². The average Bonchev–Trinajstić information content (AvgIpc) is 2.68. The fourth-order valence-electron chi connectivity index (χ4n) is 2.71. The summed E-state index contributed by atoms with van der Waals surface area (Å²) < 4.78 is 2.23. The Balaban J connectivity index is 1.83. The lowest BCUT2D eigenvalue weighted by molar-refractivity contribution is 0.144. The first kappa shape index (κ1) is 12.6. The third-order valence-corrected chi connectivity index (χ3v) is 4.09. The van der Waals surface area contributed by atoms with Crippen LogP contribution in [0, 0.1) is 6.92 Å². The quantitative estimate of drug-likeness (QED) is 0.818. The summed E-state index contributed by atoms with van der Waals surface area (Å²) in [5, 5.41) is 0. The molecule has 1 aliphatic rings. The zero-order valence-electron chi connectivity index (χ0n) is 12.1. The lowest BCUT2D eigenvalue weighted by Gasteiger charge is -2.31. The Hall–Kier alpha value is -1.39. The largest absolute Gasteiger partial charge is 0.330 e. The molecule has 1 aliphatic heterocycles. The summed E-state index contributed by atoms with van der Waals surface area (Å²) >= 11 is 0. The highest BCUT2D eigenvalue weighted by Gasteiger charge is 2.16. The molecule has 102 valence electrons. The van der Waals surface area contributed by atoms with Crippen LogP contribution in [0.4, 0.5) is 0 Å². The van der Waals surface area contributed by atoms with E-state index in [0.717, 1.165) is 38.2 Å². The summed E-state index contributed by atoms with van der Waals surface area (Å²) in [6.07, 6.45) is 0. The second-order valence-electron chi connectivity index (χ2n) is 5.66. The van der Waals surface area contributed by atoms with Gasteiger partial charge in [-0.05, 0) is 31.7 Å². The molecule has 1 fully saturated rings. The summed E-state index contributed by atoms with van der Waals surface area (Å²) in [6, 6.07) is 6.50. The van der Waals surface area contributed by atoms with E-state index in [9.17, 15) is 0 Å². The third kappa shape index (κ3) is 2.51. The molecule has 0 unspecified atom stereocenters. The minimum atomic E-state index is 0.956. The number of piperazine rings is 1. The highest BCUT2D eigenvalue weighted by Crippen LogP contribution is 2.17. The van der Waals surface area contributed by atoms with Crippen molar-refractivity contribution in [1.82, 2.24) is 19.4 Å². The Morgan fingerprint density at radius 2 is 1.84 bits per heavy atom. The van der Waals surface area contributed by atoms with E-state index in [1.165, 1.54) is 16.9 Å². The predicted molar refractivity (Wildman–Crippen MR) is 78.2 cm³/mol. The number of hydrogen-bond acceptors (Lipinski definition) is 3. The molecular weight excluding hydrogens is 236 g/mol. The first-order valence-corrected chi connectivity index (χ1v) is 6.96. The van der Waals surface area contributed by atoms with E-state index in [4.69, 9.17) is 4.98 Å². The number of hydrogen-bond donors (Lipinski definition) is 0. The van der Waals surface area contributed by atoms with Crippen LogP contribution in [0.2, 0.25) is 0 Å². The molecule has 1 aromatic carbocycles. The lowest BCUT2D eigenvalue weighted by atomic mass is 10.2. The number of nitrogens with zero attached hydrogens (tertiary/aromatic N) is 4. The fourth-order valence-corrected chi connectivity index (χ4v) is 2.71. The molecule has 2 heterocycles. The molecular formula is C15H22N4. The Morgan fingerprint density at radius 1 is 1.11 bits per heavy atom. The van der Waals surface area contributed by atoms with Gasteiger partial charge in [-0.3, -0.25) is 4.90 Å². The summed E-state index contributed by atoms with van der Waals surface area (Å²) in [7, 11) is 4.31. The minimum Gasteiger partial charge on any atom is -0.330 e. The van der Waals surface area contributed by atoms with Crippen molar-refractivity contribution < 1.29 is 0 Å². The van der Waals surface area contributed by atoms with Gasteiger partial charge >= 0.3 is 0 Å². The van der Waals surface area contributed by atoms with Gasteiger partial charge < -0.3 is 9.47 Å². The molecule has 2 aromatic rings. The van der Waals surface area contributed by atoms with Crippen molar-refractivity contribution in [2.45, 2.75) is 13.5 Å². The number of aryl methyl sites for hydroxylation is 2. The van der Waals surface area contributed by atoms with Gasteiger partial charge in [0.2, 0.25) is 0 Å². The van der Waals surface area contributed by atoms with Gasteiger partial charge in [0.15, 0.2) is 0 Å². The van der Waals surface area contributed by atoms with E-state index in [-0.39, 0.29) is 0 Å². The molecule has 3 rings (SSSR count). The smallest absolute Gasteiger partial charge is 0.123 e. The number of fused-ring (bicyclic) bond motifs is 1. The van der Waals surface area contributed by atoms with Gasteiger partial charge in [0.25, 0.3) is 0 Å². The Kier molecular flexibility index (Phi) is 3.29. The summed E-state index contributed by atoms with van der Waals surface area (Å²) in [5.41, 5.74) is 3.62. The van der Waals surface area contributed by atoms with Crippen molar-refractivity contribution in [2.75, 3.05) is 33.2 Å². The van der Waals surface area contributed by atoms with Gasteiger partial charge in [0.05, 0.1) is 17.6 Å². The van der Waals surface area contributed by atoms with Gasteiger partial charge in [0.1, 0.15) is 5.82 Å². The van der Waals surface area contributed by atoms with Crippen LogP contribution in [0.5, 0.6) is 0 Å². The first-order chi connectivity index (χ1) is 9.13. The zero-order valence-corrected chi connectivity index (χ0v) is 12.1. The normalized spacial score (nSPS) is 18.3. The minimum absolute atomic E-state index is 0.956. The summed E-state index contributed by atoms with van der Waals surface area (Å²) in [5.74, 6) is 1.17. The second kappa shape index (κ2) is 4.94. The van der Waals surface area contributed by atoms with E-state index in [2.05, 4.69) is 53.6 Å². The Morgan fingerprint density at radius 3 is 2.58 bits per heavy atom. The number of imidazole rings is 1. The molecule has 0 aliphatic carbocycles. The van der Waals surface area contributed by atoms with Gasteiger partial charge in [-0.25, -0.2) is 4.98 Å². The maximum atomic E-state index is 4.79. The van der Waals surface area contributed by atoms with Crippen molar-refractivity contribution in [2.24, 2.45) is 7.05 Å². The van der Waals surface area contributed by atoms with Crippen LogP contribution in [0.3, 0.4) is 0 Å². The van der Waals surface area contributed by atoms with E-state index in [1.807, 2.05) is 0 Å². The van der Waals surface area contributed by atoms with E-state index in [0.29, 0.717) is 0 Å². The monoisotopic (exact) mass is 258 g/mol. The topological polar surface area (TPSA) is 24.3 Å². The molecule has 0 atom stereocenters.